The van der Waals surface area contributed by atoms with E-state index in [9.17, 15) is 44.4 Å². The maximum absolute atomic E-state index is 13.2. The average Bonchev–Trinajstić information content (AvgIpc) is 3.50. The zero-order valence-electron chi connectivity index (χ0n) is 28.7. The van der Waals surface area contributed by atoms with Gasteiger partial charge in [-0.3, -0.25) is 14.9 Å². The van der Waals surface area contributed by atoms with Crippen molar-refractivity contribution < 1.29 is 49.1 Å². The molecule has 0 saturated heterocycles. The van der Waals surface area contributed by atoms with E-state index in [1.165, 1.54) is 75.5 Å². The lowest BCUT2D eigenvalue weighted by Gasteiger charge is -2.23. The largest absolute Gasteiger partial charge is 0.462 e. The summed E-state index contributed by atoms with van der Waals surface area (Å²) < 4.78 is 91.5. The molecule has 0 unspecified atom stereocenters. The molecule has 21 heteroatoms. The normalized spacial score (nSPS) is 12.3. The number of aryl methyl sites for hydroxylation is 1. The molecule has 4 aromatic rings. The first-order chi connectivity index (χ1) is 24.4. The van der Waals surface area contributed by atoms with Crippen LogP contribution in [-0.2, 0) is 40.2 Å². The molecular formula is C32H32Cl2F3N5O8S3. The Kier molecular flexibility index (Phi) is 13.4. The van der Waals surface area contributed by atoms with Gasteiger partial charge in [0.1, 0.15) is 14.4 Å². The Hall–Kier alpha value is -4.17. The monoisotopic (exact) mass is 837 g/mol. The first-order valence-corrected chi connectivity index (χ1v) is 19.6. The van der Waals surface area contributed by atoms with Gasteiger partial charge in [0, 0.05) is 21.9 Å². The Labute approximate surface area is 317 Å². The highest BCUT2D eigenvalue weighted by atomic mass is 35.5. The number of rotatable bonds is 10. The number of hydrogen-bond acceptors (Lipinski definition) is 12. The Morgan fingerprint density at radius 1 is 0.774 bits per heavy atom. The highest BCUT2D eigenvalue weighted by molar-refractivity contribution is 7.94. The molecule has 0 fully saturated rings. The van der Waals surface area contributed by atoms with Crippen molar-refractivity contribution in [3.8, 4) is 0 Å². The van der Waals surface area contributed by atoms with Crippen molar-refractivity contribution in [2.24, 2.45) is 0 Å². The van der Waals surface area contributed by atoms with Crippen molar-refractivity contribution in [1.82, 2.24) is 15.0 Å². The lowest BCUT2D eigenvalue weighted by Crippen LogP contribution is -2.44. The Balaban J connectivity index is 0.000000295. The van der Waals surface area contributed by atoms with Gasteiger partial charge in [-0.25, -0.2) is 36.6 Å². The van der Waals surface area contributed by atoms with Gasteiger partial charge in [-0.1, -0.05) is 34.5 Å². The molecule has 2 aromatic carbocycles. The highest BCUT2D eigenvalue weighted by Gasteiger charge is 2.45. The molecule has 4 rings (SSSR count). The third-order valence-corrected chi connectivity index (χ3v) is 13.6. The van der Waals surface area contributed by atoms with Crippen molar-refractivity contribution in [2.75, 3.05) is 17.2 Å². The second kappa shape index (κ2) is 16.5. The maximum atomic E-state index is 13.2. The van der Waals surface area contributed by atoms with Crippen molar-refractivity contribution in [3.63, 3.8) is 0 Å². The standard InChI is InChI=1S/C17H16ClF3N2O5S2.C15H16ClN3O3S/c1-4-28-13(24)11-12(17(19,20)21)22-15(29-11)23-14(25)16(2,3)30(26,27)10-7-5-9(18)6-8-10;1-10-8-9-17-14(18-10)19-13(20)15(2,3)23(21,22)12-6-4-11(16)5-7-12/h5-8H,4H2,1-3H3,(H,22,23,25);4-9H,1-3H3,(H,17,18,19,20). The summed E-state index contributed by atoms with van der Waals surface area (Å²) in [6, 6.07) is 12.4. The van der Waals surface area contributed by atoms with Crippen molar-refractivity contribution >= 4 is 83.1 Å². The summed E-state index contributed by atoms with van der Waals surface area (Å²) in [5.74, 6) is -3.03. The summed E-state index contributed by atoms with van der Waals surface area (Å²) in [5.41, 5.74) is -0.867. The number of nitrogens with zero attached hydrogens (tertiary/aromatic N) is 3. The topological polar surface area (TPSA) is 191 Å². The number of benzene rings is 2. The van der Waals surface area contributed by atoms with E-state index < -0.39 is 68.8 Å². The Bertz CT molecular complexity index is 2210. The third kappa shape index (κ3) is 9.88. The molecule has 0 atom stereocenters. The van der Waals surface area contributed by atoms with Gasteiger partial charge in [0.2, 0.25) is 17.8 Å². The second-order valence-corrected chi connectivity index (χ2v) is 18.6. The molecule has 0 radical (unpaired) electrons. The molecule has 0 bridgehead atoms. The van der Waals surface area contributed by atoms with Crippen LogP contribution in [0.4, 0.5) is 24.3 Å². The minimum absolute atomic E-state index is 0.0206. The number of aromatic nitrogens is 3. The van der Waals surface area contributed by atoms with Gasteiger partial charge >= 0.3 is 12.1 Å². The predicted octanol–water partition coefficient (Wildman–Crippen LogP) is 6.81. The summed E-state index contributed by atoms with van der Waals surface area (Å²) >= 11 is 11.7. The Morgan fingerprint density at radius 3 is 1.64 bits per heavy atom. The fourth-order valence-corrected chi connectivity index (χ4v) is 7.85. The van der Waals surface area contributed by atoms with Gasteiger partial charge in [0.15, 0.2) is 30.5 Å². The molecule has 0 saturated carbocycles. The molecule has 2 amide bonds. The van der Waals surface area contributed by atoms with E-state index in [2.05, 4.69) is 30.3 Å². The minimum Gasteiger partial charge on any atom is -0.462 e. The number of esters is 1. The summed E-state index contributed by atoms with van der Waals surface area (Å²) in [4.78, 5) is 47.1. The lowest BCUT2D eigenvalue weighted by atomic mass is 10.2. The third-order valence-electron chi connectivity index (χ3n) is 7.28. The van der Waals surface area contributed by atoms with E-state index in [0.717, 1.165) is 13.8 Å². The van der Waals surface area contributed by atoms with E-state index in [0.29, 0.717) is 10.7 Å². The molecule has 286 valence electrons. The quantitative estimate of drug-likeness (QED) is 0.160. The molecule has 2 heterocycles. The van der Waals surface area contributed by atoms with E-state index in [1.807, 2.05) is 0 Å². The summed E-state index contributed by atoms with van der Waals surface area (Å²) in [6.45, 7) is 7.85. The summed E-state index contributed by atoms with van der Waals surface area (Å²) in [5, 5.41) is 4.61. The van der Waals surface area contributed by atoms with Crippen molar-refractivity contribution in [2.45, 2.75) is 67.0 Å². The van der Waals surface area contributed by atoms with Gasteiger partial charge in [0.25, 0.3) is 0 Å². The molecular weight excluding hydrogens is 806 g/mol. The number of sulfone groups is 2. The fraction of sp³-hybridized carbons (Fsp3) is 0.312. The zero-order valence-corrected chi connectivity index (χ0v) is 32.7. The van der Waals surface area contributed by atoms with E-state index in [1.54, 1.807) is 13.0 Å². The molecule has 0 aliphatic carbocycles. The molecule has 0 aliphatic rings. The Morgan fingerprint density at radius 2 is 1.23 bits per heavy atom. The van der Waals surface area contributed by atoms with Gasteiger partial charge in [-0.05, 0) is 96.1 Å². The van der Waals surface area contributed by atoms with E-state index >= 15 is 0 Å². The maximum Gasteiger partial charge on any atom is 0.435 e. The molecule has 13 nitrogen and oxygen atoms in total. The van der Waals surface area contributed by atoms with Crippen LogP contribution in [0.3, 0.4) is 0 Å². The number of halogens is 5. The van der Waals surface area contributed by atoms with Crippen molar-refractivity contribution in [1.29, 1.82) is 0 Å². The van der Waals surface area contributed by atoms with Crippen molar-refractivity contribution in [3.05, 3.63) is 87.1 Å². The fourth-order valence-electron chi connectivity index (χ4n) is 3.97. The number of ether oxygens (including phenoxy) is 1. The molecule has 0 spiro atoms. The number of amides is 2. The summed E-state index contributed by atoms with van der Waals surface area (Å²) in [7, 11) is -8.15. The van der Waals surface area contributed by atoms with Gasteiger partial charge in [-0.15, -0.1) is 0 Å². The number of thiazole rings is 1. The first-order valence-electron chi connectivity index (χ1n) is 15.0. The zero-order chi connectivity index (χ0) is 40.2. The van der Waals surface area contributed by atoms with Gasteiger partial charge in [-0.2, -0.15) is 13.2 Å². The number of anilines is 2. The number of hydrogen-bond donors (Lipinski definition) is 2. The van der Waals surface area contributed by atoms with Gasteiger partial charge < -0.3 is 10.1 Å². The minimum atomic E-state index is -4.98. The van der Waals surface area contributed by atoms with Crippen LogP contribution in [0.1, 0.15) is 55.7 Å². The van der Waals surface area contributed by atoms with E-state index in [4.69, 9.17) is 23.2 Å². The molecule has 0 aliphatic heterocycles. The van der Waals surface area contributed by atoms with E-state index in [-0.39, 0.29) is 38.7 Å². The molecule has 53 heavy (non-hydrogen) atoms. The van der Waals surface area contributed by atoms with Crippen LogP contribution >= 0.6 is 34.5 Å². The second-order valence-electron chi connectivity index (χ2n) is 11.8. The molecule has 2 N–H and O–H groups in total. The highest BCUT2D eigenvalue weighted by Crippen LogP contribution is 2.37. The van der Waals surface area contributed by atoms with Crippen LogP contribution in [0.5, 0.6) is 0 Å². The summed E-state index contributed by atoms with van der Waals surface area (Å²) in [6.07, 6.45) is -3.49. The van der Waals surface area contributed by atoms with Crippen LogP contribution in [0, 0.1) is 6.92 Å². The van der Waals surface area contributed by atoms with Crippen LogP contribution in [0.2, 0.25) is 10.0 Å². The van der Waals surface area contributed by atoms with Gasteiger partial charge in [0.05, 0.1) is 16.4 Å². The van der Waals surface area contributed by atoms with Crippen LogP contribution < -0.4 is 10.6 Å². The SMILES string of the molecule is CCOC(=O)c1sc(NC(=O)C(C)(C)S(=O)(=O)c2ccc(Cl)cc2)nc1C(F)(F)F.Cc1ccnc(NC(=O)C(C)(C)S(=O)(=O)c2ccc(Cl)cc2)n1. The van der Waals surface area contributed by atoms with Crippen LogP contribution in [0.25, 0.3) is 0 Å². The van der Waals surface area contributed by atoms with Crippen LogP contribution in [-0.4, -0.2) is 65.7 Å². The van der Waals surface area contributed by atoms with Crippen LogP contribution in [0.15, 0.2) is 70.6 Å². The first kappa shape index (κ1) is 43.2. The lowest BCUT2D eigenvalue weighted by molar-refractivity contribution is -0.141. The smallest absolute Gasteiger partial charge is 0.435 e. The molecule has 2 aromatic heterocycles. The number of carbonyl (C=O) groups is 3. The number of alkyl halides is 3. The number of carbonyl (C=O) groups excluding carboxylic acids is 3. The number of nitrogens with one attached hydrogen (secondary N) is 2. The predicted molar refractivity (Wildman–Crippen MR) is 193 cm³/mol. The average molecular weight is 839 g/mol.